The minimum atomic E-state index is -0.123. The predicted octanol–water partition coefficient (Wildman–Crippen LogP) is 3.46. The lowest BCUT2D eigenvalue weighted by molar-refractivity contribution is -0.122. The van der Waals surface area contributed by atoms with Crippen molar-refractivity contribution in [3.05, 3.63) is 94.2 Å². The van der Waals surface area contributed by atoms with Gasteiger partial charge >= 0.3 is 0 Å². The van der Waals surface area contributed by atoms with Gasteiger partial charge < -0.3 is 11.1 Å². The molecule has 28 heavy (non-hydrogen) atoms. The van der Waals surface area contributed by atoms with Gasteiger partial charge in [-0.05, 0) is 29.0 Å². The Hall–Kier alpha value is -2.47. The highest BCUT2D eigenvalue weighted by Crippen LogP contribution is 2.25. The van der Waals surface area contributed by atoms with Crippen molar-refractivity contribution in [1.82, 2.24) is 10.2 Å². The molecule has 0 aliphatic carbocycles. The van der Waals surface area contributed by atoms with Crippen LogP contribution < -0.4 is 11.1 Å². The number of hydrogen-bond donors (Lipinski definition) is 2. The Morgan fingerprint density at radius 3 is 2.32 bits per heavy atom. The number of thiophene rings is 1. The number of rotatable bonds is 10. The highest BCUT2D eigenvalue weighted by molar-refractivity contribution is 7.10. The average Bonchev–Trinajstić information content (AvgIpc) is 3.26. The van der Waals surface area contributed by atoms with Crippen molar-refractivity contribution in [2.45, 2.75) is 12.5 Å². The van der Waals surface area contributed by atoms with Crippen molar-refractivity contribution in [2.75, 3.05) is 26.2 Å². The van der Waals surface area contributed by atoms with E-state index >= 15 is 0 Å². The number of carbonyl (C=O) groups is 1. The summed E-state index contributed by atoms with van der Waals surface area (Å²) in [7, 11) is 0. The van der Waals surface area contributed by atoms with Gasteiger partial charge in [0.2, 0.25) is 5.91 Å². The molecule has 1 atom stereocenters. The molecule has 0 radical (unpaired) electrons. The van der Waals surface area contributed by atoms with Gasteiger partial charge in [-0.2, -0.15) is 0 Å². The van der Waals surface area contributed by atoms with E-state index in [9.17, 15) is 4.79 Å². The van der Waals surface area contributed by atoms with Crippen LogP contribution in [-0.2, 0) is 11.2 Å². The molecule has 0 saturated carbocycles. The van der Waals surface area contributed by atoms with Gasteiger partial charge in [0.15, 0.2) is 0 Å². The fourth-order valence-electron chi connectivity index (χ4n) is 3.21. The van der Waals surface area contributed by atoms with Crippen molar-refractivity contribution in [3.63, 3.8) is 0 Å². The zero-order valence-electron chi connectivity index (χ0n) is 16.0. The smallest absolute Gasteiger partial charge is 0.234 e. The molecule has 3 aromatic rings. The first-order chi connectivity index (χ1) is 13.8. The third-order valence-electron chi connectivity index (χ3n) is 4.64. The zero-order valence-corrected chi connectivity index (χ0v) is 16.8. The number of amides is 1. The van der Waals surface area contributed by atoms with E-state index < -0.39 is 0 Å². The fourth-order valence-corrected chi connectivity index (χ4v) is 4.02. The van der Waals surface area contributed by atoms with Crippen molar-refractivity contribution >= 4 is 17.2 Å². The van der Waals surface area contributed by atoms with Crippen LogP contribution in [0.1, 0.15) is 22.0 Å². The van der Waals surface area contributed by atoms with Crippen molar-refractivity contribution in [3.8, 4) is 0 Å². The Labute approximate surface area is 171 Å². The Morgan fingerprint density at radius 1 is 0.964 bits per heavy atom. The summed E-state index contributed by atoms with van der Waals surface area (Å²) in [4.78, 5) is 16.1. The fraction of sp³-hybridized carbons (Fsp3) is 0.261. The van der Waals surface area contributed by atoms with E-state index in [1.807, 2.05) is 47.8 Å². The molecule has 4 nitrogen and oxygen atoms in total. The van der Waals surface area contributed by atoms with Crippen molar-refractivity contribution in [1.29, 1.82) is 0 Å². The first-order valence-electron chi connectivity index (χ1n) is 9.60. The molecule has 3 N–H and O–H groups in total. The predicted molar refractivity (Wildman–Crippen MR) is 116 cm³/mol. The van der Waals surface area contributed by atoms with Gasteiger partial charge in [-0.3, -0.25) is 9.69 Å². The molecular weight excluding hydrogens is 366 g/mol. The molecule has 3 rings (SSSR count). The molecule has 1 unspecified atom stereocenters. The molecule has 1 aromatic heterocycles. The molecule has 0 fully saturated rings. The maximum absolute atomic E-state index is 12.8. The summed E-state index contributed by atoms with van der Waals surface area (Å²) in [6.45, 7) is 2.40. The number of hydrogen-bond acceptors (Lipinski definition) is 4. The monoisotopic (exact) mass is 393 g/mol. The molecule has 1 amide bonds. The summed E-state index contributed by atoms with van der Waals surface area (Å²) < 4.78 is 0. The van der Waals surface area contributed by atoms with Gasteiger partial charge in [-0.15, -0.1) is 11.3 Å². The summed E-state index contributed by atoms with van der Waals surface area (Å²) in [5.74, 6) is 0.0174. The summed E-state index contributed by atoms with van der Waals surface area (Å²) in [6, 6.07) is 24.4. The maximum Gasteiger partial charge on any atom is 0.234 e. The van der Waals surface area contributed by atoms with Crippen LogP contribution in [0.5, 0.6) is 0 Å². The summed E-state index contributed by atoms with van der Waals surface area (Å²) in [5, 5.41) is 5.25. The normalized spacial score (nSPS) is 12.1. The molecule has 0 bridgehead atoms. The lowest BCUT2D eigenvalue weighted by Crippen LogP contribution is -2.41. The summed E-state index contributed by atoms with van der Waals surface area (Å²) in [5.41, 5.74) is 8.13. The molecule has 2 aromatic carbocycles. The minimum absolute atomic E-state index is 0.0174. The second kappa shape index (κ2) is 10.8. The Morgan fingerprint density at radius 2 is 1.68 bits per heavy atom. The van der Waals surface area contributed by atoms with Crippen molar-refractivity contribution in [2.24, 2.45) is 5.73 Å². The molecular formula is C23H27N3OS. The Bertz CT molecular complexity index is 822. The number of benzene rings is 2. The third kappa shape index (κ3) is 6.02. The zero-order chi connectivity index (χ0) is 19.6. The lowest BCUT2D eigenvalue weighted by Gasteiger charge is -2.24. The molecule has 0 aliphatic heterocycles. The number of nitrogens with zero attached hydrogens (tertiary/aromatic N) is 1. The van der Waals surface area contributed by atoms with E-state index in [1.54, 1.807) is 11.3 Å². The topological polar surface area (TPSA) is 58.4 Å². The van der Waals surface area contributed by atoms with E-state index in [1.165, 1.54) is 5.56 Å². The van der Waals surface area contributed by atoms with Crippen molar-refractivity contribution < 1.29 is 4.79 Å². The van der Waals surface area contributed by atoms with Gasteiger partial charge in [-0.25, -0.2) is 0 Å². The number of carbonyl (C=O) groups excluding carboxylic acids is 1. The van der Waals surface area contributed by atoms with Crippen LogP contribution in [0.25, 0.3) is 0 Å². The SMILES string of the molecule is NCCN(CCc1ccccc1)CC(=O)NC(c1ccccc1)c1cccs1. The second-order valence-electron chi connectivity index (χ2n) is 6.73. The summed E-state index contributed by atoms with van der Waals surface area (Å²) in [6.07, 6.45) is 0.904. The average molecular weight is 394 g/mol. The van der Waals surface area contributed by atoms with E-state index in [2.05, 4.69) is 40.5 Å². The molecule has 0 saturated heterocycles. The van der Waals surface area contributed by atoms with Crippen LogP contribution in [0.15, 0.2) is 78.2 Å². The second-order valence-corrected chi connectivity index (χ2v) is 7.71. The van der Waals surface area contributed by atoms with Crippen LogP contribution >= 0.6 is 11.3 Å². The summed E-state index contributed by atoms with van der Waals surface area (Å²) >= 11 is 1.66. The molecule has 146 valence electrons. The molecule has 1 heterocycles. The largest absolute Gasteiger partial charge is 0.343 e. The molecule has 0 aliphatic rings. The van der Waals surface area contributed by atoms with Gasteiger partial charge in [0.05, 0.1) is 12.6 Å². The lowest BCUT2D eigenvalue weighted by atomic mass is 10.1. The van der Waals surface area contributed by atoms with E-state index in [4.69, 9.17) is 5.73 Å². The van der Waals surface area contributed by atoms with E-state index in [0.717, 1.165) is 23.4 Å². The Balaban J connectivity index is 1.63. The third-order valence-corrected chi connectivity index (χ3v) is 5.58. The minimum Gasteiger partial charge on any atom is -0.343 e. The molecule has 5 heteroatoms. The Kier molecular flexibility index (Phi) is 7.79. The number of nitrogens with two attached hydrogens (primary N) is 1. The van der Waals surface area contributed by atoms with Crippen LogP contribution in [0.2, 0.25) is 0 Å². The molecule has 0 spiro atoms. The standard InChI is InChI=1S/C23H27N3OS/c24-14-16-26(15-13-19-8-3-1-4-9-19)18-22(27)25-23(21-12-7-17-28-21)20-10-5-2-6-11-20/h1-12,17,23H,13-16,18,24H2,(H,25,27). The van der Waals surface area contributed by atoms with E-state index in [-0.39, 0.29) is 11.9 Å². The van der Waals surface area contributed by atoms with Crippen LogP contribution in [0.3, 0.4) is 0 Å². The van der Waals surface area contributed by atoms with Gasteiger partial charge in [0.25, 0.3) is 0 Å². The number of nitrogens with one attached hydrogen (secondary N) is 1. The van der Waals surface area contributed by atoms with Crippen LogP contribution in [-0.4, -0.2) is 37.0 Å². The first kappa shape index (κ1) is 20.3. The van der Waals surface area contributed by atoms with E-state index in [0.29, 0.717) is 19.6 Å². The quantitative estimate of drug-likeness (QED) is 0.555. The van der Waals surface area contributed by atoms with Gasteiger partial charge in [-0.1, -0.05) is 66.7 Å². The van der Waals surface area contributed by atoms with Crippen LogP contribution in [0.4, 0.5) is 0 Å². The maximum atomic E-state index is 12.8. The van der Waals surface area contributed by atoms with Gasteiger partial charge in [0, 0.05) is 24.5 Å². The van der Waals surface area contributed by atoms with Gasteiger partial charge in [0.1, 0.15) is 0 Å². The first-order valence-corrected chi connectivity index (χ1v) is 10.5. The van der Waals surface area contributed by atoms with Crippen LogP contribution in [0, 0.1) is 0 Å². The highest BCUT2D eigenvalue weighted by atomic mass is 32.1. The highest BCUT2D eigenvalue weighted by Gasteiger charge is 2.19.